The Morgan fingerprint density at radius 2 is 1.78 bits per heavy atom. The van der Waals surface area contributed by atoms with Crippen molar-refractivity contribution < 1.29 is 0 Å². The van der Waals surface area contributed by atoms with Gasteiger partial charge in [0.1, 0.15) is 5.69 Å². The standard InChI is InChI=1S/C14H9N3S/c1-4-8-12-9(5-1)13(17-18-12)14-15-10-6-2-3-7-11(10)16-14/h1-8H,(H,15,16). The van der Waals surface area contributed by atoms with Gasteiger partial charge in [-0.25, -0.2) is 4.98 Å². The Hall–Kier alpha value is -2.20. The SMILES string of the molecule is c1ccc2[nH]c(-c3nsc4ccccc34)nc2c1. The molecule has 3 nitrogen and oxygen atoms in total. The third kappa shape index (κ3) is 1.36. The fourth-order valence-electron chi connectivity index (χ4n) is 2.12. The van der Waals surface area contributed by atoms with E-state index in [4.69, 9.17) is 0 Å². The van der Waals surface area contributed by atoms with Gasteiger partial charge in [0, 0.05) is 5.39 Å². The van der Waals surface area contributed by atoms with Crippen molar-refractivity contribution in [2.45, 2.75) is 0 Å². The monoisotopic (exact) mass is 251 g/mol. The molecule has 0 fully saturated rings. The molecule has 0 aliphatic heterocycles. The molecule has 2 aromatic heterocycles. The van der Waals surface area contributed by atoms with Crippen LogP contribution in [0.2, 0.25) is 0 Å². The Bertz CT molecular complexity index is 811. The van der Waals surface area contributed by atoms with E-state index in [0.717, 1.165) is 27.9 Å². The lowest BCUT2D eigenvalue weighted by Gasteiger charge is -1.91. The highest BCUT2D eigenvalue weighted by atomic mass is 32.1. The second kappa shape index (κ2) is 3.65. The van der Waals surface area contributed by atoms with Gasteiger partial charge in [0.05, 0.1) is 15.7 Å². The highest BCUT2D eigenvalue weighted by molar-refractivity contribution is 7.13. The van der Waals surface area contributed by atoms with Crippen LogP contribution in [0.3, 0.4) is 0 Å². The first kappa shape index (κ1) is 9.79. The molecule has 0 bridgehead atoms. The van der Waals surface area contributed by atoms with Gasteiger partial charge in [-0.1, -0.05) is 30.3 Å². The minimum Gasteiger partial charge on any atom is -0.337 e. The van der Waals surface area contributed by atoms with Gasteiger partial charge in [-0.2, -0.15) is 4.37 Å². The van der Waals surface area contributed by atoms with E-state index < -0.39 is 0 Å². The summed E-state index contributed by atoms with van der Waals surface area (Å²) in [6, 6.07) is 16.3. The topological polar surface area (TPSA) is 41.6 Å². The number of hydrogen-bond acceptors (Lipinski definition) is 3. The van der Waals surface area contributed by atoms with Crippen LogP contribution < -0.4 is 0 Å². The third-order valence-electron chi connectivity index (χ3n) is 2.99. The van der Waals surface area contributed by atoms with Crippen molar-refractivity contribution >= 4 is 32.7 Å². The summed E-state index contributed by atoms with van der Waals surface area (Å²) in [6.45, 7) is 0. The number of aromatic nitrogens is 3. The molecule has 0 atom stereocenters. The number of fused-ring (bicyclic) bond motifs is 2. The van der Waals surface area contributed by atoms with E-state index in [9.17, 15) is 0 Å². The van der Waals surface area contributed by atoms with Crippen molar-refractivity contribution in [3.63, 3.8) is 0 Å². The summed E-state index contributed by atoms with van der Waals surface area (Å²) in [6.07, 6.45) is 0. The number of aromatic amines is 1. The van der Waals surface area contributed by atoms with Crippen LogP contribution in [0.15, 0.2) is 48.5 Å². The minimum absolute atomic E-state index is 0.841. The van der Waals surface area contributed by atoms with Gasteiger partial charge in [0.15, 0.2) is 5.82 Å². The molecular formula is C14H9N3S. The van der Waals surface area contributed by atoms with Crippen LogP contribution in [0.4, 0.5) is 0 Å². The summed E-state index contributed by atoms with van der Waals surface area (Å²) in [4.78, 5) is 7.92. The van der Waals surface area contributed by atoms with Crippen LogP contribution in [0.5, 0.6) is 0 Å². The quantitative estimate of drug-likeness (QED) is 0.558. The van der Waals surface area contributed by atoms with Crippen molar-refractivity contribution in [1.82, 2.24) is 14.3 Å². The number of para-hydroxylation sites is 2. The Balaban J connectivity index is 2.01. The molecule has 4 aromatic rings. The van der Waals surface area contributed by atoms with Crippen molar-refractivity contribution in [1.29, 1.82) is 0 Å². The number of benzene rings is 2. The maximum atomic E-state index is 4.59. The maximum Gasteiger partial charge on any atom is 0.158 e. The van der Waals surface area contributed by atoms with Crippen LogP contribution in [0.25, 0.3) is 32.6 Å². The fourth-order valence-corrected chi connectivity index (χ4v) is 2.90. The second-order valence-electron chi connectivity index (χ2n) is 4.13. The van der Waals surface area contributed by atoms with Gasteiger partial charge in [0.25, 0.3) is 0 Å². The van der Waals surface area contributed by atoms with Crippen LogP contribution in [0, 0.1) is 0 Å². The van der Waals surface area contributed by atoms with Gasteiger partial charge < -0.3 is 4.98 Å². The molecule has 0 unspecified atom stereocenters. The van der Waals surface area contributed by atoms with Gasteiger partial charge in [-0.15, -0.1) is 0 Å². The smallest absolute Gasteiger partial charge is 0.158 e. The highest BCUT2D eigenvalue weighted by Gasteiger charge is 2.11. The van der Waals surface area contributed by atoms with Crippen molar-refractivity contribution in [2.75, 3.05) is 0 Å². The summed E-state index contributed by atoms with van der Waals surface area (Å²) in [5.41, 5.74) is 2.96. The average Bonchev–Trinajstić information content (AvgIpc) is 3.02. The molecular weight excluding hydrogens is 242 g/mol. The summed E-state index contributed by atoms with van der Waals surface area (Å²) < 4.78 is 5.70. The number of hydrogen-bond donors (Lipinski definition) is 1. The lowest BCUT2D eigenvalue weighted by molar-refractivity contribution is 1.31. The summed E-state index contributed by atoms with van der Waals surface area (Å²) >= 11 is 1.51. The molecule has 0 saturated carbocycles. The molecule has 0 radical (unpaired) electrons. The van der Waals surface area contributed by atoms with Crippen LogP contribution in [-0.4, -0.2) is 14.3 Å². The first-order valence-electron chi connectivity index (χ1n) is 5.71. The second-order valence-corrected chi connectivity index (χ2v) is 4.93. The van der Waals surface area contributed by atoms with Gasteiger partial charge in [0.2, 0.25) is 0 Å². The predicted molar refractivity (Wildman–Crippen MR) is 74.7 cm³/mol. The molecule has 4 heteroatoms. The Labute approximate surface area is 107 Å². The predicted octanol–water partition coefficient (Wildman–Crippen LogP) is 3.84. The maximum absolute atomic E-state index is 4.59. The normalized spacial score (nSPS) is 11.3. The number of imidazole rings is 1. The third-order valence-corrected chi connectivity index (χ3v) is 3.82. The molecule has 0 amide bonds. The lowest BCUT2D eigenvalue weighted by Crippen LogP contribution is -1.79. The van der Waals surface area contributed by atoms with Gasteiger partial charge >= 0.3 is 0 Å². The van der Waals surface area contributed by atoms with E-state index >= 15 is 0 Å². The molecule has 86 valence electrons. The molecule has 2 aromatic carbocycles. The Morgan fingerprint density at radius 1 is 0.944 bits per heavy atom. The molecule has 18 heavy (non-hydrogen) atoms. The molecule has 1 N–H and O–H groups in total. The van der Waals surface area contributed by atoms with E-state index in [2.05, 4.69) is 26.5 Å². The zero-order valence-corrected chi connectivity index (χ0v) is 10.2. The minimum atomic E-state index is 0.841. The number of rotatable bonds is 1. The Morgan fingerprint density at radius 3 is 2.72 bits per heavy atom. The molecule has 4 rings (SSSR count). The zero-order chi connectivity index (χ0) is 11.9. The van der Waals surface area contributed by atoms with E-state index in [1.807, 2.05) is 36.4 Å². The van der Waals surface area contributed by atoms with Crippen LogP contribution >= 0.6 is 11.5 Å². The fraction of sp³-hybridized carbons (Fsp3) is 0. The molecule has 2 heterocycles. The van der Waals surface area contributed by atoms with Gasteiger partial charge in [-0.3, -0.25) is 0 Å². The summed E-state index contributed by atoms with van der Waals surface area (Å²) in [5, 5.41) is 1.15. The lowest BCUT2D eigenvalue weighted by atomic mass is 10.2. The number of nitrogens with one attached hydrogen (secondary N) is 1. The molecule has 0 saturated heterocycles. The van der Waals surface area contributed by atoms with E-state index in [-0.39, 0.29) is 0 Å². The van der Waals surface area contributed by atoms with E-state index in [1.165, 1.54) is 16.2 Å². The van der Waals surface area contributed by atoms with Crippen LogP contribution in [0.1, 0.15) is 0 Å². The summed E-state index contributed by atoms with van der Waals surface area (Å²) in [5.74, 6) is 0.841. The van der Waals surface area contributed by atoms with E-state index in [1.54, 1.807) is 0 Å². The molecule has 0 aliphatic rings. The number of H-pyrrole nitrogens is 1. The summed E-state index contributed by atoms with van der Waals surface area (Å²) in [7, 11) is 0. The zero-order valence-electron chi connectivity index (χ0n) is 9.42. The van der Waals surface area contributed by atoms with Crippen LogP contribution in [-0.2, 0) is 0 Å². The average molecular weight is 251 g/mol. The molecule has 0 aliphatic carbocycles. The Kier molecular flexibility index (Phi) is 1.98. The van der Waals surface area contributed by atoms with Crippen molar-refractivity contribution in [2.24, 2.45) is 0 Å². The first-order chi connectivity index (χ1) is 8.92. The molecule has 0 spiro atoms. The highest BCUT2D eigenvalue weighted by Crippen LogP contribution is 2.29. The van der Waals surface area contributed by atoms with Gasteiger partial charge in [-0.05, 0) is 29.7 Å². The first-order valence-corrected chi connectivity index (χ1v) is 6.49. The van der Waals surface area contributed by atoms with Crippen molar-refractivity contribution in [3.05, 3.63) is 48.5 Å². The van der Waals surface area contributed by atoms with Crippen molar-refractivity contribution in [3.8, 4) is 11.5 Å². The van der Waals surface area contributed by atoms with E-state index in [0.29, 0.717) is 0 Å². The number of nitrogens with zero attached hydrogens (tertiary/aromatic N) is 2. The largest absolute Gasteiger partial charge is 0.337 e.